The third-order valence-electron chi connectivity index (χ3n) is 8.12. The fourth-order valence-corrected chi connectivity index (χ4v) is 6.13. The molecule has 0 bridgehead atoms. The highest BCUT2D eigenvalue weighted by atomic mass is 79.9. The summed E-state index contributed by atoms with van der Waals surface area (Å²) in [4.78, 5) is 22.2. The highest BCUT2D eigenvalue weighted by molar-refractivity contribution is 9.10. The van der Waals surface area contributed by atoms with Crippen LogP contribution >= 0.6 is 15.9 Å². The van der Waals surface area contributed by atoms with Crippen molar-refractivity contribution < 1.29 is 15.0 Å². The molecule has 0 spiro atoms. The van der Waals surface area contributed by atoms with E-state index in [9.17, 15) is 15.0 Å². The molecule has 2 aromatic heterocycles. The number of rotatable bonds is 8. The lowest BCUT2D eigenvalue weighted by Gasteiger charge is -2.18. The number of aromatic hydroxyl groups is 1. The molecular weight excluding hydrogens is 552 g/mol. The average molecular weight is 588 g/mol. The Balaban J connectivity index is 1.26. The van der Waals surface area contributed by atoms with E-state index in [0.29, 0.717) is 17.4 Å². The molecule has 0 amide bonds. The van der Waals surface area contributed by atoms with E-state index in [2.05, 4.69) is 45.2 Å². The predicted octanol–water partition coefficient (Wildman–Crippen LogP) is 5.83. The van der Waals surface area contributed by atoms with Gasteiger partial charge >= 0.3 is 0 Å². The number of phenolic OH excluding ortho intramolecular Hbond substituents is 1. The largest absolute Gasteiger partial charge is 0.508 e. The highest BCUT2D eigenvalue weighted by Crippen LogP contribution is 2.34. The van der Waals surface area contributed by atoms with Gasteiger partial charge in [0.2, 0.25) is 0 Å². The normalized spacial score (nSPS) is 19.9. The van der Waals surface area contributed by atoms with Crippen LogP contribution in [0.5, 0.6) is 5.75 Å². The Morgan fingerprint density at radius 1 is 1.00 bits per heavy atom. The molecule has 2 N–H and O–H groups in total. The minimum atomic E-state index is -1.18. The van der Waals surface area contributed by atoms with E-state index in [4.69, 9.17) is 4.98 Å². The maximum Gasteiger partial charge on any atom is 0.170 e. The first-order valence-corrected chi connectivity index (χ1v) is 14.7. The second-order valence-corrected chi connectivity index (χ2v) is 11.6. The number of ketones is 1. The van der Waals surface area contributed by atoms with Gasteiger partial charge in [0.05, 0.1) is 11.4 Å². The summed E-state index contributed by atoms with van der Waals surface area (Å²) < 4.78 is 0.821. The van der Waals surface area contributed by atoms with Gasteiger partial charge in [0.25, 0.3) is 0 Å². The minimum Gasteiger partial charge on any atom is -0.508 e. The van der Waals surface area contributed by atoms with Crippen LogP contribution in [0.4, 0.5) is 0 Å². The summed E-state index contributed by atoms with van der Waals surface area (Å²) >= 11 is 3.35. The van der Waals surface area contributed by atoms with Crippen LogP contribution in [0.2, 0.25) is 0 Å². The quantitative estimate of drug-likeness (QED) is 0.325. The fraction of sp³-hybridized carbons (Fsp3) is 0.364. The van der Waals surface area contributed by atoms with Gasteiger partial charge in [0.1, 0.15) is 5.75 Å². The number of carbonyl (C=O) groups is 1. The van der Waals surface area contributed by atoms with Crippen molar-refractivity contribution in [2.45, 2.75) is 69.8 Å². The zero-order chi connectivity index (χ0) is 27.2. The molecule has 1 saturated carbocycles. The molecule has 0 aliphatic heterocycles. The molecule has 1 fully saturated rings. The van der Waals surface area contributed by atoms with Gasteiger partial charge in [-0.05, 0) is 102 Å². The molecule has 0 saturated heterocycles. The summed E-state index contributed by atoms with van der Waals surface area (Å²) in [5, 5.41) is 23.2. The average Bonchev–Trinajstić information content (AvgIpc) is 3.33. The monoisotopic (exact) mass is 586 g/mol. The number of halogens is 1. The summed E-state index contributed by atoms with van der Waals surface area (Å²) in [5.41, 5.74) is 3.92. The summed E-state index contributed by atoms with van der Waals surface area (Å²) in [6.45, 7) is 0. The smallest absolute Gasteiger partial charge is 0.170 e. The van der Waals surface area contributed by atoms with Crippen LogP contribution in [-0.4, -0.2) is 26.0 Å². The summed E-state index contributed by atoms with van der Waals surface area (Å²) in [6, 6.07) is 13.2. The molecule has 2 heterocycles. The molecule has 3 aromatic rings. The van der Waals surface area contributed by atoms with Gasteiger partial charge in [-0.2, -0.15) is 0 Å². The molecule has 5 nitrogen and oxygen atoms in total. The molecular formula is C33H35BrN2O3. The van der Waals surface area contributed by atoms with E-state index < -0.39 is 6.10 Å². The second kappa shape index (κ2) is 12.8. The number of nitrogens with zero attached hydrogens (tertiary/aromatic N) is 2. The molecule has 2 aliphatic carbocycles. The summed E-state index contributed by atoms with van der Waals surface area (Å²) in [5.74, 6) is 0.382. The molecule has 3 atom stereocenters. The number of para-hydroxylation sites is 1. The van der Waals surface area contributed by atoms with Gasteiger partial charge in [-0.15, -0.1) is 0 Å². The van der Waals surface area contributed by atoms with Crippen molar-refractivity contribution in [3.05, 3.63) is 98.4 Å². The number of fused-ring (bicyclic) bond motifs is 1. The van der Waals surface area contributed by atoms with E-state index in [-0.39, 0.29) is 11.7 Å². The molecule has 0 radical (unpaired) electrons. The van der Waals surface area contributed by atoms with E-state index in [1.165, 1.54) is 16.0 Å². The van der Waals surface area contributed by atoms with E-state index in [1.54, 1.807) is 24.4 Å². The van der Waals surface area contributed by atoms with Crippen LogP contribution in [0.25, 0.3) is 12.2 Å². The van der Waals surface area contributed by atoms with Gasteiger partial charge in [-0.25, -0.2) is 0 Å². The standard InChI is InChI=1S/C33H35BrN2O3/c34-27-16-18-29(36-21-27)33(39)32(38)26-9-4-8-25(14-15-26)31-28-17-12-22(11-13-23(28)19-20-35-31)5-3-7-24-6-1-2-10-30(24)37/h1-2,6,10,12-13,16-21,25-26,33,37,39H,3-5,7-9,11,14-15H2. The van der Waals surface area contributed by atoms with Gasteiger partial charge in [0.15, 0.2) is 11.9 Å². The van der Waals surface area contributed by atoms with Gasteiger partial charge in [-0.1, -0.05) is 48.4 Å². The first-order valence-electron chi connectivity index (χ1n) is 13.9. The Kier molecular flexibility index (Phi) is 9.05. The van der Waals surface area contributed by atoms with Crippen molar-refractivity contribution in [3.8, 4) is 5.75 Å². The first-order chi connectivity index (χ1) is 19.0. The number of hydrogen-bond acceptors (Lipinski definition) is 5. The lowest BCUT2D eigenvalue weighted by Crippen LogP contribution is -2.31. The lowest BCUT2D eigenvalue weighted by molar-refractivity contribution is -0.132. The van der Waals surface area contributed by atoms with Gasteiger partial charge in [-0.3, -0.25) is 14.8 Å². The molecule has 1 aromatic carbocycles. The molecule has 3 unspecified atom stereocenters. The van der Waals surface area contributed by atoms with Crippen molar-refractivity contribution in [2.24, 2.45) is 5.92 Å². The Hall–Kier alpha value is -3.09. The number of aromatic nitrogens is 2. The van der Waals surface area contributed by atoms with E-state index in [0.717, 1.165) is 73.5 Å². The van der Waals surface area contributed by atoms with Crippen LogP contribution in [0, 0.1) is 5.92 Å². The Labute approximate surface area is 238 Å². The van der Waals surface area contributed by atoms with Crippen LogP contribution < -0.4 is 10.4 Å². The number of Topliss-reactive ketones (excluding diaryl/α,β-unsaturated/α-hetero) is 1. The molecule has 202 valence electrons. The van der Waals surface area contributed by atoms with Crippen molar-refractivity contribution >= 4 is 33.9 Å². The topological polar surface area (TPSA) is 83.3 Å². The summed E-state index contributed by atoms with van der Waals surface area (Å²) in [6.07, 6.45) is 17.2. The molecule has 2 aliphatic rings. The van der Waals surface area contributed by atoms with Gasteiger partial charge < -0.3 is 10.2 Å². The number of hydrogen-bond donors (Lipinski definition) is 2. The number of carbonyl (C=O) groups excluding carboxylic acids is 1. The highest BCUT2D eigenvalue weighted by Gasteiger charge is 2.30. The van der Waals surface area contributed by atoms with Crippen molar-refractivity contribution in [3.63, 3.8) is 0 Å². The third kappa shape index (κ3) is 6.74. The maximum absolute atomic E-state index is 13.1. The Morgan fingerprint density at radius 2 is 1.87 bits per heavy atom. The number of phenols is 1. The van der Waals surface area contributed by atoms with Gasteiger partial charge in [0, 0.05) is 33.9 Å². The maximum atomic E-state index is 13.1. The van der Waals surface area contributed by atoms with Crippen molar-refractivity contribution in [1.29, 1.82) is 0 Å². The fourth-order valence-electron chi connectivity index (χ4n) is 5.89. The van der Waals surface area contributed by atoms with Crippen LogP contribution in [-0.2, 0) is 11.2 Å². The van der Waals surface area contributed by atoms with Crippen molar-refractivity contribution in [2.75, 3.05) is 0 Å². The number of pyridine rings is 2. The number of aliphatic hydroxyl groups is 1. The molecule has 39 heavy (non-hydrogen) atoms. The zero-order valence-corrected chi connectivity index (χ0v) is 23.7. The number of benzene rings is 1. The van der Waals surface area contributed by atoms with Crippen LogP contribution in [0.15, 0.2) is 71.0 Å². The molecule has 6 heteroatoms. The van der Waals surface area contributed by atoms with E-state index in [1.807, 2.05) is 24.4 Å². The van der Waals surface area contributed by atoms with Crippen LogP contribution in [0.3, 0.4) is 0 Å². The first kappa shape index (κ1) is 27.5. The number of aryl methyl sites for hydroxylation is 1. The SMILES string of the molecule is O=C(C1CCCC(c2nccc3c2=CC=C(CCCc2ccccc2O)CC=3)CC1)C(O)c1ccc(Br)cn1. The third-order valence-corrected chi connectivity index (χ3v) is 8.59. The summed E-state index contributed by atoms with van der Waals surface area (Å²) in [7, 11) is 0. The number of allylic oxidation sites excluding steroid dienone is 2. The number of aliphatic hydroxyl groups excluding tert-OH is 1. The Bertz CT molecular complexity index is 1470. The second-order valence-electron chi connectivity index (χ2n) is 10.7. The van der Waals surface area contributed by atoms with Crippen molar-refractivity contribution in [1.82, 2.24) is 9.97 Å². The Morgan fingerprint density at radius 3 is 2.69 bits per heavy atom. The zero-order valence-electron chi connectivity index (χ0n) is 22.1. The minimum absolute atomic E-state index is 0.124. The molecule has 5 rings (SSSR count). The predicted molar refractivity (Wildman–Crippen MR) is 157 cm³/mol. The lowest BCUT2D eigenvalue weighted by atomic mass is 9.89. The van der Waals surface area contributed by atoms with Crippen LogP contribution in [0.1, 0.15) is 80.3 Å². The van der Waals surface area contributed by atoms with E-state index >= 15 is 0 Å².